The van der Waals surface area contributed by atoms with Gasteiger partial charge in [0.25, 0.3) is 0 Å². The fourth-order valence-electron chi connectivity index (χ4n) is 1.66. The molecule has 0 saturated carbocycles. The van der Waals surface area contributed by atoms with Crippen LogP contribution in [-0.4, -0.2) is 34.3 Å². The van der Waals surface area contributed by atoms with E-state index in [2.05, 4.69) is 31.1 Å². The summed E-state index contributed by atoms with van der Waals surface area (Å²) in [5, 5.41) is 7.10. The first-order valence-electron chi connectivity index (χ1n) is 5.12. The molecule has 0 bridgehead atoms. The fourth-order valence-corrected chi connectivity index (χ4v) is 3.95. The van der Waals surface area contributed by atoms with Gasteiger partial charge in [-0.1, -0.05) is 0 Å². The van der Waals surface area contributed by atoms with Crippen LogP contribution in [0.25, 0.3) is 15.7 Å². The van der Waals surface area contributed by atoms with Gasteiger partial charge in [-0.05, 0) is 0 Å². The summed E-state index contributed by atoms with van der Waals surface area (Å²) >= 11 is 8.35. The van der Waals surface area contributed by atoms with Crippen molar-refractivity contribution >= 4 is 53.1 Å². The predicted octanol–water partition coefficient (Wildman–Crippen LogP) is 3.37. The van der Waals surface area contributed by atoms with Crippen molar-refractivity contribution in [2.24, 2.45) is 0 Å². The number of rotatable bonds is 2. The first-order valence-corrected chi connectivity index (χ1v) is 8.00. The van der Waals surface area contributed by atoms with E-state index in [1.807, 2.05) is 0 Å². The molecule has 0 unspecified atom stereocenters. The van der Waals surface area contributed by atoms with Crippen LogP contribution in [0.4, 0.5) is 13.2 Å². The van der Waals surface area contributed by atoms with Crippen molar-refractivity contribution in [3.8, 4) is 4.69 Å². The third-order valence-electron chi connectivity index (χ3n) is 2.45. The van der Waals surface area contributed by atoms with E-state index in [4.69, 9.17) is 11.6 Å². The standard InChI is InChI=1S/C10H3BrClF3N4Se/c11-3-1-4(13)6-5(2-3)19(9(12)16-6)10-18-17-8(20-10)7(14)15/h1-2,7H. The SMILES string of the molecule is Fc1cc(Br)cc2c1nc(Cl)n2-c1nnc(C(F)F)[se]1. The summed E-state index contributed by atoms with van der Waals surface area (Å²) in [7, 11) is 0. The summed E-state index contributed by atoms with van der Waals surface area (Å²) in [4.78, 5) is 3.89. The van der Waals surface area contributed by atoms with Crippen LogP contribution in [0.15, 0.2) is 16.6 Å². The van der Waals surface area contributed by atoms with Gasteiger partial charge in [0, 0.05) is 0 Å². The van der Waals surface area contributed by atoms with Gasteiger partial charge < -0.3 is 0 Å². The van der Waals surface area contributed by atoms with Gasteiger partial charge in [-0.2, -0.15) is 0 Å². The van der Waals surface area contributed by atoms with Crippen molar-refractivity contribution in [2.45, 2.75) is 6.43 Å². The molecule has 3 aromatic rings. The second-order valence-corrected chi connectivity index (χ2v) is 7.02. The molecular formula is C10H3BrClF3N4Se. The zero-order valence-electron chi connectivity index (χ0n) is 9.32. The molecule has 0 radical (unpaired) electrons. The van der Waals surface area contributed by atoms with Crippen LogP contribution in [0.5, 0.6) is 0 Å². The van der Waals surface area contributed by atoms with Gasteiger partial charge in [-0.3, -0.25) is 0 Å². The van der Waals surface area contributed by atoms with Gasteiger partial charge >= 0.3 is 129 Å². The second-order valence-electron chi connectivity index (χ2n) is 3.70. The molecule has 10 heteroatoms. The van der Waals surface area contributed by atoms with Crippen LogP contribution in [0.1, 0.15) is 11.0 Å². The molecule has 0 fully saturated rings. The molecular weight excluding hydrogens is 427 g/mol. The third-order valence-corrected chi connectivity index (χ3v) is 5.08. The monoisotopic (exact) mass is 430 g/mol. The van der Waals surface area contributed by atoms with Gasteiger partial charge in [0.15, 0.2) is 0 Å². The molecule has 2 aromatic heterocycles. The predicted molar refractivity (Wildman–Crippen MR) is 71.2 cm³/mol. The molecule has 2 heterocycles. The molecule has 0 amide bonds. The number of nitrogens with zero attached hydrogens (tertiary/aromatic N) is 4. The van der Waals surface area contributed by atoms with Crippen LogP contribution < -0.4 is 0 Å². The number of imidazole rings is 1. The minimum absolute atomic E-state index is 0.0386. The summed E-state index contributed by atoms with van der Waals surface area (Å²) in [5.74, 6) is -0.559. The van der Waals surface area contributed by atoms with Gasteiger partial charge in [-0.15, -0.1) is 0 Å². The second kappa shape index (κ2) is 5.14. The molecule has 3 rings (SSSR count). The first kappa shape index (κ1) is 14.1. The van der Waals surface area contributed by atoms with E-state index in [0.29, 0.717) is 9.99 Å². The Balaban J connectivity index is 2.27. The minimum atomic E-state index is -2.66. The van der Waals surface area contributed by atoms with Gasteiger partial charge in [0.05, 0.1) is 0 Å². The number of alkyl halides is 2. The van der Waals surface area contributed by atoms with Crippen LogP contribution in [0.2, 0.25) is 5.28 Å². The number of hydrogen-bond donors (Lipinski definition) is 0. The van der Waals surface area contributed by atoms with Gasteiger partial charge in [-0.25, -0.2) is 0 Å². The van der Waals surface area contributed by atoms with E-state index in [9.17, 15) is 13.2 Å². The number of halogens is 5. The Hall–Kier alpha value is -0.891. The normalized spacial score (nSPS) is 11.7. The van der Waals surface area contributed by atoms with Crippen molar-refractivity contribution in [1.29, 1.82) is 0 Å². The van der Waals surface area contributed by atoms with Crippen molar-refractivity contribution in [2.75, 3.05) is 0 Å². The maximum absolute atomic E-state index is 13.8. The van der Waals surface area contributed by atoms with Crippen LogP contribution in [0.3, 0.4) is 0 Å². The molecule has 0 N–H and O–H groups in total. The molecule has 0 saturated heterocycles. The quantitative estimate of drug-likeness (QED) is 0.586. The number of aromatic nitrogens is 4. The summed E-state index contributed by atoms with van der Waals surface area (Å²) in [5.41, 5.74) is 0.412. The number of hydrogen-bond acceptors (Lipinski definition) is 3. The molecule has 104 valence electrons. The average molecular weight is 430 g/mol. The third kappa shape index (κ3) is 2.28. The van der Waals surface area contributed by atoms with Crippen molar-refractivity contribution in [3.63, 3.8) is 0 Å². The Morgan fingerprint density at radius 2 is 2.05 bits per heavy atom. The molecule has 4 nitrogen and oxygen atoms in total. The van der Waals surface area contributed by atoms with Gasteiger partial charge in [0.2, 0.25) is 0 Å². The zero-order valence-corrected chi connectivity index (χ0v) is 13.4. The molecule has 1 aromatic carbocycles. The number of benzene rings is 1. The molecule has 0 spiro atoms. The van der Waals surface area contributed by atoms with Crippen LogP contribution >= 0.6 is 27.5 Å². The van der Waals surface area contributed by atoms with Crippen molar-refractivity contribution in [1.82, 2.24) is 19.7 Å². The fraction of sp³-hybridized carbons (Fsp3) is 0.100. The van der Waals surface area contributed by atoms with E-state index < -0.39 is 26.7 Å². The molecule has 20 heavy (non-hydrogen) atoms. The summed E-state index contributed by atoms with van der Waals surface area (Å²) in [6.07, 6.45) is -2.66. The van der Waals surface area contributed by atoms with E-state index >= 15 is 0 Å². The molecule has 0 aliphatic heterocycles. The van der Waals surface area contributed by atoms with Crippen molar-refractivity contribution in [3.05, 3.63) is 32.3 Å². The summed E-state index contributed by atoms with van der Waals surface area (Å²) in [6, 6.07) is 2.84. The average Bonchev–Trinajstić information content (AvgIpc) is 2.93. The van der Waals surface area contributed by atoms with E-state index in [1.54, 1.807) is 6.07 Å². The van der Waals surface area contributed by atoms with Crippen molar-refractivity contribution < 1.29 is 13.2 Å². The topological polar surface area (TPSA) is 43.6 Å². The summed E-state index contributed by atoms with van der Waals surface area (Å²) in [6.45, 7) is 0. The molecule has 0 aliphatic carbocycles. The Bertz CT molecular complexity index is 803. The first-order chi connectivity index (χ1) is 9.47. The van der Waals surface area contributed by atoms with Crippen LogP contribution in [0, 0.1) is 5.82 Å². The van der Waals surface area contributed by atoms with E-state index in [0.717, 1.165) is 0 Å². The summed E-state index contributed by atoms with van der Waals surface area (Å²) < 4.78 is 40.7. The number of fused-ring (bicyclic) bond motifs is 1. The zero-order chi connectivity index (χ0) is 14.4. The van der Waals surface area contributed by atoms with E-state index in [-0.39, 0.29) is 20.1 Å². The Kier molecular flexibility index (Phi) is 3.62. The molecule has 0 aliphatic rings. The Morgan fingerprint density at radius 3 is 2.70 bits per heavy atom. The maximum atomic E-state index is 13.8. The van der Waals surface area contributed by atoms with E-state index in [1.165, 1.54) is 10.6 Å². The van der Waals surface area contributed by atoms with Gasteiger partial charge in [0.1, 0.15) is 0 Å². The Labute approximate surface area is 129 Å². The Morgan fingerprint density at radius 1 is 1.30 bits per heavy atom. The van der Waals surface area contributed by atoms with Crippen LogP contribution in [-0.2, 0) is 0 Å². The molecule has 0 atom stereocenters.